The van der Waals surface area contributed by atoms with E-state index < -0.39 is 35.1 Å². The third kappa shape index (κ3) is 7.15. The van der Waals surface area contributed by atoms with E-state index in [-0.39, 0.29) is 18.4 Å². The largest absolute Gasteiger partial charge is 0.391 e. The molecular formula is C29H36F2N4O2. The van der Waals surface area contributed by atoms with E-state index in [9.17, 15) is 18.7 Å². The average molecular weight is 511 g/mol. The number of halogens is 2. The molecule has 0 saturated heterocycles. The van der Waals surface area contributed by atoms with Crippen LogP contribution in [0.5, 0.6) is 0 Å². The predicted molar refractivity (Wildman–Crippen MR) is 139 cm³/mol. The van der Waals surface area contributed by atoms with Crippen molar-refractivity contribution in [2.45, 2.75) is 63.5 Å². The number of benzene rings is 2. The van der Waals surface area contributed by atoms with Crippen LogP contribution >= 0.6 is 0 Å². The van der Waals surface area contributed by atoms with Gasteiger partial charge in [-0.3, -0.25) is 10.1 Å². The highest BCUT2D eigenvalue weighted by Gasteiger charge is 2.36. The van der Waals surface area contributed by atoms with Crippen LogP contribution in [0.3, 0.4) is 0 Å². The van der Waals surface area contributed by atoms with Gasteiger partial charge in [0.05, 0.1) is 12.0 Å². The number of amides is 1. The molecule has 8 heteroatoms. The van der Waals surface area contributed by atoms with Gasteiger partial charge in [-0.15, -0.1) is 0 Å². The average Bonchev–Trinajstić information content (AvgIpc) is 2.85. The molecule has 3 rings (SSSR count). The number of aliphatic hydroxyl groups excluding tert-OH is 1. The van der Waals surface area contributed by atoms with E-state index in [1.54, 1.807) is 0 Å². The molecule has 2 aromatic rings. The predicted octanol–water partition coefficient (Wildman–Crippen LogP) is 4.15. The minimum absolute atomic E-state index is 0.0140. The summed E-state index contributed by atoms with van der Waals surface area (Å²) in [6, 6.07) is 11.5. The Kier molecular flexibility index (Phi) is 9.06. The van der Waals surface area contributed by atoms with Crippen molar-refractivity contribution in [3.63, 3.8) is 0 Å². The zero-order valence-corrected chi connectivity index (χ0v) is 21.9. The smallest absolute Gasteiger partial charge is 0.225 e. The van der Waals surface area contributed by atoms with E-state index in [1.165, 1.54) is 24.7 Å². The highest BCUT2D eigenvalue weighted by Crippen LogP contribution is 2.38. The zero-order chi connectivity index (χ0) is 27.2. The zero-order valence-electron chi connectivity index (χ0n) is 21.9. The van der Waals surface area contributed by atoms with Crippen LogP contribution in [0.25, 0.3) is 0 Å². The molecule has 0 spiro atoms. The van der Waals surface area contributed by atoms with Gasteiger partial charge in [0.15, 0.2) is 6.19 Å². The molecule has 3 unspecified atom stereocenters. The molecule has 0 heterocycles. The lowest BCUT2D eigenvalue weighted by Crippen LogP contribution is -2.50. The van der Waals surface area contributed by atoms with Crippen molar-refractivity contribution in [2.75, 3.05) is 13.6 Å². The van der Waals surface area contributed by atoms with Crippen LogP contribution in [0.2, 0.25) is 0 Å². The lowest BCUT2D eigenvalue weighted by Gasteiger charge is -2.40. The van der Waals surface area contributed by atoms with Crippen molar-refractivity contribution < 1.29 is 18.7 Å². The van der Waals surface area contributed by atoms with E-state index in [0.717, 1.165) is 17.3 Å². The van der Waals surface area contributed by atoms with Gasteiger partial charge in [-0.2, -0.15) is 5.26 Å². The fraction of sp³-hybridized carbons (Fsp3) is 0.448. The third-order valence-corrected chi connectivity index (χ3v) is 7.09. The summed E-state index contributed by atoms with van der Waals surface area (Å²) in [5.74, 6) is -2.78. The van der Waals surface area contributed by atoms with Crippen LogP contribution in [0.15, 0.2) is 54.2 Å². The van der Waals surface area contributed by atoms with Crippen LogP contribution in [0, 0.1) is 29.0 Å². The second kappa shape index (κ2) is 11.8. The number of carbonyl (C=O) groups is 1. The van der Waals surface area contributed by atoms with Gasteiger partial charge >= 0.3 is 0 Å². The molecule has 0 bridgehead atoms. The first-order valence-corrected chi connectivity index (χ1v) is 12.5. The van der Waals surface area contributed by atoms with Crippen molar-refractivity contribution in [1.82, 2.24) is 16.0 Å². The topological polar surface area (TPSA) is 97.2 Å². The lowest BCUT2D eigenvalue weighted by atomic mass is 9.76. The maximum atomic E-state index is 13.7. The van der Waals surface area contributed by atoms with E-state index in [1.807, 2.05) is 18.3 Å². The van der Waals surface area contributed by atoms with Gasteiger partial charge in [0, 0.05) is 30.9 Å². The van der Waals surface area contributed by atoms with Gasteiger partial charge < -0.3 is 15.7 Å². The number of carbonyl (C=O) groups excluding carboxylic acids is 1. The summed E-state index contributed by atoms with van der Waals surface area (Å²) < 4.78 is 27.5. The lowest BCUT2D eigenvalue weighted by molar-refractivity contribution is -0.128. The van der Waals surface area contributed by atoms with Crippen LogP contribution < -0.4 is 16.0 Å². The highest BCUT2D eigenvalue weighted by atomic mass is 19.1. The molecule has 0 aliphatic heterocycles. The van der Waals surface area contributed by atoms with Crippen molar-refractivity contribution in [3.8, 4) is 6.19 Å². The SMILES string of the molecule is CNC(=O)C(Cc1cc(F)cc(F)c1)C(O)CNC1(c2cccc(C(C)(C)C)c2)CC=C(NC#N)CC1. The summed E-state index contributed by atoms with van der Waals surface area (Å²) in [4.78, 5) is 12.7. The molecule has 4 N–H and O–H groups in total. The van der Waals surface area contributed by atoms with Gasteiger partial charge in [0.2, 0.25) is 5.91 Å². The summed E-state index contributed by atoms with van der Waals surface area (Å²) in [5, 5.41) is 29.0. The van der Waals surface area contributed by atoms with Crippen molar-refractivity contribution in [2.24, 2.45) is 5.92 Å². The molecule has 1 aliphatic carbocycles. The third-order valence-electron chi connectivity index (χ3n) is 7.09. The molecule has 0 aromatic heterocycles. The fourth-order valence-corrected chi connectivity index (χ4v) is 4.86. The van der Waals surface area contributed by atoms with E-state index in [2.05, 4.69) is 54.9 Å². The number of aliphatic hydroxyl groups is 1. The number of nitrogens with zero attached hydrogens (tertiary/aromatic N) is 1. The Morgan fingerprint density at radius 3 is 2.46 bits per heavy atom. The maximum absolute atomic E-state index is 13.7. The normalized spacial score (nSPS) is 19.4. The summed E-state index contributed by atoms with van der Waals surface area (Å²) >= 11 is 0. The number of allylic oxidation sites excluding steroid dienone is 1. The number of nitriles is 1. The Balaban J connectivity index is 1.88. The standard InChI is InChI=1S/C29H36F2N4O2/c1-28(2,3)20-6-5-7-21(15-20)29(10-8-24(9-11-29)34-18-32)35-17-26(36)25(27(37)33-4)14-19-12-22(30)16-23(31)13-19/h5-8,12-13,15-16,25-26,34-36H,9-11,14,17H2,1-4H3,(H,33,37). The summed E-state index contributed by atoms with van der Waals surface area (Å²) in [5.41, 5.74) is 2.80. The van der Waals surface area contributed by atoms with Gasteiger partial charge in [-0.05, 0) is 59.9 Å². The molecule has 37 heavy (non-hydrogen) atoms. The first kappa shape index (κ1) is 28.3. The highest BCUT2D eigenvalue weighted by molar-refractivity contribution is 5.79. The minimum Gasteiger partial charge on any atom is -0.391 e. The number of hydrogen-bond acceptors (Lipinski definition) is 5. The monoisotopic (exact) mass is 510 g/mol. The first-order chi connectivity index (χ1) is 17.5. The summed E-state index contributed by atoms with van der Waals surface area (Å²) in [6.45, 7) is 6.53. The molecule has 0 saturated carbocycles. The van der Waals surface area contributed by atoms with Crippen molar-refractivity contribution in [3.05, 3.63) is 82.6 Å². The molecule has 198 valence electrons. The van der Waals surface area contributed by atoms with Crippen LogP contribution in [0.4, 0.5) is 8.78 Å². The second-order valence-corrected chi connectivity index (χ2v) is 10.7. The molecule has 1 aliphatic rings. The molecular weight excluding hydrogens is 474 g/mol. The Morgan fingerprint density at radius 1 is 1.19 bits per heavy atom. The van der Waals surface area contributed by atoms with Crippen LogP contribution in [0.1, 0.15) is 56.7 Å². The molecule has 1 amide bonds. The Morgan fingerprint density at radius 2 is 1.89 bits per heavy atom. The first-order valence-electron chi connectivity index (χ1n) is 12.5. The Labute approximate surface area is 217 Å². The van der Waals surface area contributed by atoms with Gasteiger partial charge in [0.25, 0.3) is 0 Å². The Bertz CT molecular complexity index is 1160. The van der Waals surface area contributed by atoms with Gasteiger partial charge in [-0.1, -0.05) is 51.1 Å². The van der Waals surface area contributed by atoms with E-state index in [0.29, 0.717) is 24.8 Å². The van der Waals surface area contributed by atoms with Gasteiger partial charge in [0.1, 0.15) is 11.6 Å². The maximum Gasteiger partial charge on any atom is 0.225 e. The summed E-state index contributed by atoms with van der Waals surface area (Å²) in [6.07, 6.45) is 4.72. The quantitative estimate of drug-likeness (QED) is 0.300. The minimum atomic E-state index is -1.11. The molecule has 0 radical (unpaired) electrons. The van der Waals surface area contributed by atoms with Crippen molar-refractivity contribution >= 4 is 5.91 Å². The van der Waals surface area contributed by atoms with E-state index >= 15 is 0 Å². The van der Waals surface area contributed by atoms with Crippen molar-refractivity contribution in [1.29, 1.82) is 5.26 Å². The second-order valence-electron chi connectivity index (χ2n) is 10.7. The molecule has 0 fully saturated rings. The van der Waals surface area contributed by atoms with Crippen LogP contribution in [-0.4, -0.2) is 30.7 Å². The Hall–Kier alpha value is -3.28. The molecule has 2 aromatic carbocycles. The van der Waals surface area contributed by atoms with Gasteiger partial charge in [-0.25, -0.2) is 8.78 Å². The molecule has 3 atom stereocenters. The number of hydrogen-bond donors (Lipinski definition) is 4. The molecule has 6 nitrogen and oxygen atoms in total. The van der Waals surface area contributed by atoms with Crippen LogP contribution in [-0.2, 0) is 22.2 Å². The fourth-order valence-electron chi connectivity index (χ4n) is 4.86. The number of nitrogens with one attached hydrogen (secondary N) is 3. The number of rotatable bonds is 9. The summed E-state index contributed by atoms with van der Waals surface area (Å²) in [7, 11) is 1.47. The van der Waals surface area contributed by atoms with E-state index in [4.69, 9.17) is 5.26 Å².